The van der Waals surface area contributed by atoms with Crippen molar-refractivity contribution in [2.45, 2.75) is 39.1 Å². The Morgan fingerprint density at radius 1 is 1.03 bits per heavy atom. The first-order valence-corrected chi connectivity index (χ1v) is 11.4. The van der Waals surface area contributed by atoms with Crippen LogP contribution in [-0.2, 0) is 16.6 Å². The molecule has 154 valence electrons. The molecule has 3 aromatic rings. The fourth-order valence-corrected chi connectivity index (χ4v) is 5.94. The van der Waals surface area contributed by atoms with E-state index in [1.54, 1.807) is 15.9 Å². The van der Waals surface area contributed by atoms with Crippen LogP contribution >= 0.6 is 0 Å². The molecule has 1 saturated heterocycles. The zero-order valence-corrected chi connectivity index (χ0v) is 18.2. The number of aromatic nitrogens is 3. The number of sulfonamides is 1. The van der Waals surface area contributed by atoms with Crippen LogP contribution < -0.4 is 4.90 Å². The Balaban J connectivity index is 1.56. The third-order valence-corrected chi connectivity index (χ3v) is 7.84. The maximum atomic E-state index is 13.3. The molecule has 3 heterocycles. The molecule has 2 aromatic heterocycles. The number of hydrogen-bond acceptors (Lipinski definition) is 5. The summed E-state index contributed by atoms with van der Waals surface area (Å²) >= 11 is 0. The number of para-hydroxylation sites is 1. The van der Waals surface area contributed by atoms with Crippen LogP contribution in [0.15, 0.2) is 35.2 Å². The van der Waals surface area contributed by atoms with Gasteiger partial charge in [0.1, 0.15) is 10.7 Å². The summed E-state index contributed by atoms with van der Waals surface area (Å²) in [6.45, 7) is 10.4. The second-order valence-electron chi connectivity index (χ2n) is 7.52. The zero-order valence-electron chi connectivity index (χ0n) is 17.4. The summed E-state index contributed by atoms with van der Waals surface area (Å²) in [5.41, 5.74) is 3.42. The average molecular weight is 414 g/mol. The van der Waals surface area contributed by atoms with Gasteiger partial charge < -0.3 is 4.90 Å². The van der Waals surface area contributed by atoms with E-state index < -0.39 is 10.0 Å². The van der Waals surface area contributed by atoms with E-state index in [0.29, 0.717) is 49.0 Å². The molecule has 0 amide bonds. The van der Waals surface area contributed by atoms with E-state index in [4.69, 9.17) is 4.98 Å². The lowest BCUT2D eigenvalue weighted by Gasteiger charge is -2.35. The van der Waals surface area contributed by atoms with Crippen LogP contribution in [-0.4, -0.2) is 53.7 Å². The van der Waals surface area contributed by atoms with E-state index in [1.165, 1.54) is 5.56 Å². The van der Waals surface area contributed by atoms with Crippen molar-refractivity contribution in [1.29, 1.82) is 0 Å². The minimum absolute atomic E-state index is 0.354. The molecular formula is C21H27N5O2S. The molecule has 1 aliphatic rings. The van der Waals surface area contributed by atoms with Gasteiger partial charge in [0.2, 0.25) is 10.0 Å². The lowest BCUT2D eigenvalue weighted by Crippen LogP contribution is -2.49. The van der Waals surface area contributed by atoms with Crippen molar-refractivity contribution >= 4 is 26.7 Å². The van der Waals surface area contributed by atoms with Crippen molar-refractivity contribution in [2.24, 2.45) is 0 Å². The van der Waals surface area contributed by atoms with Crippen molar-refractivity contribution in [3.05, 3.63) is 47.3 Å². The Kier molecular flexibility index (Phi) is 5.08. The quantitative estimate of drug-likeness (QED) is 0.658. The number of hydrogen-bond donors (Lipinski definition) is 0. The number of anilines is 1. The predicted molar refractivity (Wildman–Crippen MR) is 115 cm³/mol. The van der Waals surface area contributed by atoms with E-state index in [1.807, 2.05) is 32.0 Å². The molecule has 0 radical (unpaired) electrons. The van der Waals surface area contributed by atoms with Gasteiger partial charge >= 0.3 is 0 Å². The first-order chi connectivity index (χ1) is 13.8. The highest BCUT2D eigenvalue weighted by molar-refractivity contribution is 7.89. The van der Waals surface area contributed by atoms with Gasteiger partial charge in [0.25, 0.3) is 0 Å². The summed E-state index contributed by atoms with van der Waals surface area (Å²) in [5.74, 6) is 0.907. The highest BCUT2D eigenvalue weighted by Crippen LogP contribution is 2.27. The number of fused-ring (bicyclic) bond motifs is 1. The van der Waals surface area contributed by atoms with Gasteiger partial charge in [-0.3, -0.25) is 4.68 Å². The van der Waals surface area contributed by atoms with Crippen molar-refractivity contribution in [3.63, 3.8) is 0 Å². The minimum Gasteiger partial charge on any atom is -0.354 e. The van der Waals surface area contributed by atoms with Crippen LogP contribution in [0, 0.1) is 20.8 Å². The molecule has 29 heavy (non-hydrogen) atoms. The van der Waals surface area contributed by atoms with Crippen LogP contribution in [0.2, 0.25) is 0 Å². The molecular weight excluding hydrogens is 386 g/mol. The van der Waals surface area contributed by atoms with E-state index in [0.717, 1.165) is 16.7 Å². The molecule has 8 heteroatoms. The van der Waals surface area contributed by atoms with Crippen LogP contribution in [0.5, 0.6) is 0 Å². The number of pyridine rings is 1. The van der Waals surface area contributed by atoms with Gasteiger partial charge in [0.05, 0.1) is 16.9 Å². The van der Waals surface area contributed by atoms with Gasteiger partial charge in [-0.15, -0.1) is 0 Å². The molecule has 0 spiro atoms. The van der Waals surface area contributed by atoms with Gasteiger partial charge in [-0.1, -0.05) is 18.2 Å². The largest absolute Gasteiger partial charge is 0.354 e. The molecule has 7 nitrogen and oxygen atoms in total. The molecule has 1 aromatic carbocycles. The summed E-state index contributed by atoms with van der Waals surface area (Å²) in [6, 6.07) is 10.2. The Labute approximate surface area is 172 Å². The number of aryl methyl sites for hydroxylation is 3. The van der Waals surface area contributed by atoms with E-state index >= 15 is 0 Å². The van der Waals surface area contributed by atoms with Crippen molar-refractivity contribution in [3.8, 4) is 0 Å². The Hall–Kier alpha value is -2.45. The topological polar surface area (TPSA) is 71.3 Å². The molecule has 4 rings (SSSR count). The first kappa shape index (κ1) is 19.8. The predicted octanol–water partition coefficient (Wildman–Crippen LogP) is 2.89. The number of rotatable bonds is 4. The molecule has 0 bridgehead atoms. The van der Waals surface area contributed by atoms with Gasteiger partial charge in [-0.2, -0.15) is 9.40 Å². The van der Waals surface area contributed by atoms with Crippen molar-refractivity contribution in [2.75, 3.05) is 31.1 Å². The van der Waals surface area contributed by atoms with Gasteiger partial charge in [0.15, 0.2) is 0 Å². The minimum atomic E-state index is -3.56. The van der Waals surface area contributed by atoms with Gasteiger partial charge in [0, 0.05) is 38.1 Å². The van der Waals surface area contributed by atoms with Gasteiger partial charge in [-0.05, 0) is 45.4 Å². The van der Waals surface area contributed by atoms with Crippen molar-refractivity contribution < 1.29 is 8.42 Å². The first-order valence-electron chi connectivity index (χ1n) is 9.98. The van der Waals surface area contributed by atoms with Crippen LogP contribution in [0.4, 0.5) is 5.82 Å². The Morgan fingerprint density at radius 3 is 2.38 bits per heavy atom. The zero-order chi connectivity index (χ0) is 20.8. The monoisotopic (exact) mass is 413 g/mol. The maximum absolute atomic E-state index is 13.3. The lowest BCUT2D eigenvalue weighted by atomic mass is 10.1. The third kappa shape index (κ3) is 3.40. The Bertz CT molecular complexity index is 1160. The lowest BCUT2D eigenvalue weighted by molar-refractivity contribution is 0.383. The third-order valence-electron chi connectivity index (χ3n) is 5.68. The highest BCUT2D eigenvalue weighted by Gasteiger charge is 2.33. The molecule has 1 aliphatic heterocycles. The maximum Gasteiger partial charge on any atom is 0.246 e. The molecule has 1 fully saturated rings. The Morgan fingerprint density at radius 2 is 1.72 bits per heavy atom. The summed E-state index contributed by atoms with van der Waals surface area (Å²) in [4.78, 5) is 7.31. The molecule has 0 saturated carbocycles. The standard InChI is InChI=1S/C21H27N5O2S/c1-5-26-17(4)21(16(3)23-26)29(27,28)25-12-10-24(11-13-25)20-14-15(2)18-8-6-7-9-19(18)22-20/h6-9,14H,5,10-13H2,1-4H3. The number of benzene rings is 1. The second-order valence-corrected chi connectivity index (χ2v) is 9.40. The molecule has 0 unspecified atom stereocenters. The summed E-state index contributed by atoms with van der Waals surface area (Å²) < 4.78 is 29.9. The summed E-state index contributed by atoms with van der Waals surface area (Å²) in [6.07, 6.45) is 0. The second kappa shape index (κ2) is 7.42. The van der Waals surface area contributed by atoms with Crippen LogP contribution in [0.3, 0.4) is 0 Å². The van der Waals surface area contributed by atoms with Crippen LogP contribution in [0.1, 0.15) is 23.9 Å². The molecule has 0 N–H and O–H groups in total. The molecule has 0 atom stereocenters. The van der Waals surface area contributed by atoms with E-state index in [9.17, 15) is 8.42 Å². The fourth-order valence-electron chi connectivity index (χ4n) is 4.14. The summed E-state index contributed by atoms with van der Waals surface area (Å²) in [7, 11) is -3.56. The number of nitrogens with zero attached hydrogens (tertiary/aromatic N) is 5. The fraction of sp³-hybridized carbons (Fsp3) is 0.429. The van der Waals surface area contributed by atoms with E-state index in [-0.39, 0.29) is 0 Å². The SMILES string of the molecule is CCn1nc(C)c(S(=O)(=O)N2CCN(c3cc(C)c4ccccc4n3)CC2)c1C. The smallest absolute Gasteiger partial charge is 0.246 e. The molecule has 0 aliphatic carbocycles. The summed E-state index contributed by atoms with van der Waals surface area (Å²) in [5, 5.41) is 5.53. The normalized spacial score (nSPS) is 15.9. The average Bonchev–Trinajstić information content (AvgIpc) is 3.02. The van der Waals surface area contributed by atoms with Gasteiger partial charge in [-0.25, -0.2) is 13.4 Å². The van der Waals surface area contributed by atoms with Crippen LogP contribution in [0.25, 0.3) is 10.9 Å². The van der Waals surface area contributed by atoms with E-state index in [2.05, 4.69) is 29.1 Å². The highest BCUT2D eigenvalue weighted by atomic mass is 32.2. The number of piperazine rings is 1. The van der Waals surface area contributed by atoms with Crippen molar-refractivity contribution in [1.82, 2.24) is 19.1 Å².